The fourth-order valence-electron chi connectivity index (χ4n) is 1.14. The number of hydrogen-bond donors (Lipinski definition) is 1. The highest BCUT2D eigenvalue weighted by molar-refractivity contribution is 7.99. The van der Waals surface area contributed by atoms with Gasteiger partial charge in [0.2, 0.25) is 5.16 Å². The summed E-state index contributed by atoms with van der Waals surface area (Å²) in [6.07, 6.45) is 5.13. The first-order valence-corrected chi connectivity index (χ1v) is 7.02. The second-order valence-corrected chi connectivity index (χ2v) is 5.24. The Morgan fingerprint density at radius 2 is 2.44 bits per heavy atom. The van der Waals surface area contributed by atoms with Crippen LogP contribution in [0.2, 0.25) is 0 Å². The molecule has 0 fully saturated rings. The summed E-state index contributed by atoms with van der Waals surface area (Å²) in [5, 5.41) is 9.93. The Kier molecular flexibility index (Phi) is 4.18. The Bertz CT molecular complexity index is 446. The van der Waals surface area contributed by atoms with Crippen LogP contribution in [-0.4, -0.2) is 20.9 Å². The molecule has 2 rings (SSSR count). The molecule has 84 valence electrons. The molecule has 0 atom stereocenters. The first-order valence-electron chi connectivity index (χ1n) is 5.15. The van der Waals surface area contributed by atoms with Crippen LogP contribution in [0.3, 0.4) is 0 Å². The smallest absolute Gasteiger partial charge is 0.208 e. The van der Waals surface area contributed by atoms with E-state index in [-0.39, 0.29) is 0 Å². The van der Waals surface area contributed by atoms with Crippen molar-refractivity contribution in [3.05, 3.63) is 28.2 Å². The van der Waals surface area contributed by atoms with Gasteiger partial charge in [0, 0.05) is 10.6 Å². The maximum atomic E-state index is 4.36. The van der Waals surface area contributed by atoms with Gasteiger partial charge < -0.3 is 0 Å². The minimum atomic E-state index is 0.812. The third kappa shape index (κ3) is 3.21. The van der Waals surface area contributed by atoms with Gasteiger partial charge in [-0.25, -0.2) is 4.98 Å². The molecule has 0 spiro atoms. The van der Waals surface area contributed by atoms with Crippen molar-refractivity contribution in [1.29, 1.82) is 0 Å². The van der Waals surface area contributed by atoms with Crippen LogP contribution in [0.4, 0.5) is 0 Å². The molecule has 0 aliphatic heterocycles. The monoisotopic (exact) mass is 251 g/mol. The highest BCUT2D eigenvalue weighted by atomic mass is 32.2. The van der Waals surface area contributed by atoms with Crippen LogP contribution >= 0.6 is 23.1 Å². The van der Waals surface area contributed by atoms with Gasteiger partial charge in [-0.15, -0.1) is 16.4 Å². The fraction of sp³-hybridized carbons (Fsp3) is 0.273. The van der Waals surface area contributed by atoms with E-state index in [9.17, 15) is 0 Å². The number of nitrogens with one attached hydrogen (secondary N) is 1. The first kappa shape index (κ1) is 11.4. The molecular weight excluding hydrogens is 238 g/mol. The third-order valence-electron chi connectivity index (χ3n) is 1.87. The van der Waals surface area contributed by atoms with Crippen LogP contribution in [0.1, 0.15) is 24.0 Å². The molecule has 0 saturated heterocycles. The lowest BCUT2D eigenvalue weighted by atomic mass is 10.4. The zero-order valence-corrected chi connectivity index (χ0v) is 10.6. The molecule has 1 N–H and O–H groups in total. The molecule has 5 heteroatoms. The van der Waals surface area contributed by atoms with Crippen molar-refractivity contribution in [1.82, 2.24) is 15.2 Å². The zero-order chi connectivity index (χ0) is 11.2. The van der Waals surface area contributed by atoms with E-state index >= 15 is 0 Å². The van der Waals surface area contributed by atoms with Gasteiger partial charge in [-0.05, 0) is 30.0 Å². The van der Waals surface area contributed by atoms with E-state index in [4.69, 9.17) is 0 Å². The van der Waals surface area contributed by atoms with E-state index in [1.54, 1.807) is 23.1 Å². The molecule has 2 aromatic heterocycles. The number of rotatable bonds is 5. The minimum absolute atomic E-state index is 0.812. The lowest BCUT2D eigenvalue weighted by Gasteiger charge is -1.88. The summed E-state index contributed by atoms with van der Waals surface area (Å²) in [5.41, 5.74) is 0. The number of hydrogen-bond acceptors (Lipinski definition) is 4. The van der Waals surface area contributed by atoms with E-state index in [2.05, 4.69) is 33.6 Å². The Hall–Kier alpha value is -1.07. The Balaban J connectivity index is 1.97. The van der Waals surface area contributed by atoms with Gasteiger partial charge in [-0.2, -0.15) is 0 Å². The molecule has 0 radical (unpaired) electrons. The normalized spacial score (nSPS) is 11.3. The molecular formula is C11H13N3S2. The fourth-order valence-corrected chi connectivity index (χ4v) is 2.42. The Morgan fingerprint density at radius 3 is 3.19 bits per heavy atom. The summed E-state index contributed by atoms with van der Waals surface area (Å²) in [7, 11) is 0. The van der Waals surface area contributed by atoms with Gasteiger partial charge in [0.1, 0.15) is 5.82 Å². The highest BCUT2D eigenvalue weighted by Gasteiger charge is 1.99. The summed E-state index contributed by atoms with van der Waals surface area (Å²) >= 11 is 3.39. The standard InChI is InChI=1S/C11H13N3S2/c1-2-7-16-11-12-10(13-14-11)6-5-9-4-3-8-15-9/h3-6,8H,2,7H2,1H3,(H,12,13,14)/b6-5+. The topological polar surface area (TPSA) is 41.6 Å². The van der Waals surface area contributed by atoms with E-state index < -0.39 is 0 Å². The number of thioether (sulfide) groups is 1. The summed E-state index contributed by atoms with van der Waals surface area (Å²) in [6, 6.07) is 4.11. The van der Waals surface area contributed by atoms with Crippen molar-refractivity contribution in [2.75, 3.05) is 5.75 Å². The lowest BCUT2D eigenvalue weighted by molar-refractivity contribution is 0.967. The maximum Gasteiger partial charge on any atom is 0.208 e. The van der Waals surface area contributed by atoms with Crippen LogP contribution in [-0.2, 0) is 0 Å². The molecule has 3 nitrogen and oxygen atoms in total. The number of H-pyrrole nitrogens is 1. The van der Waals surface area contributed by atoms with Crippen molar-refractivity contribution in [2.24, 2.45) is 0 Å². The van der Waals surface area contributed by atoms with E-state index in [0.717, 1.165) is 23.2 Å². The van der Waals surface area contributed by atoms with E-state index in [1.807, 2.05) is 18.2 Å². The highest BCUT2D eigenvalue weighted by Crippen LogP contribution is 2.15. The van der Waals surface area contributed by atoms with Crippen molar-refractivity contribution in [3.63, 3.8) is 0 Å². The number of nitrogens with zero attached hydrogens (tertiary/aromatic N) is 2. The van der Waals surface area contributed by atoms with Crippen molar-refractivity contribution in [3.8, 4) is 0 Å². The average molecular weight is 251 g/mol. The van der Waals surface area contributed by atoms with Gasteiger partial charge >= 0.3 is 0 Å². The summed E-state index contributed by atoms with van der Waals surface area (Å²) < 4.78 is 0. The molecule has 0 amide bonds. The van der Waals surface area contributed by atoms with Gasteiger partial charge in [-0.3, -0.25) is 5.10 Å². The predicted octanol–water partition coefficient (Wildman–Crippen LogP) is 3.54. The van der Waals surface area contributed by atoms with E-state index in [0.29, 0.717) is 0 Å². The number of thiophene rings is 1. The quantitative estimate of drug-likeness (QED) is 0.826. The van der Waals surface area contributed by atoms with Crippen molar-refractivity contribution in [2.45, 2.75) is 18.5 Å². The minimum Gasteiger partial charge on any atom is -0.259 e. The molecule has 0 aromatic carbocycles. The van der Waals surface area contributed by atoms with Crippen LogP contribution < -0.4 is 0 Å². The molecule has 0 bridgehead atoms. The lowest BCUT2D eigenvalue weighted by Crippen LogP contribution is -1.77. The van der Waals surface area contributed by atoms with Gasteiger partial charge in [-0.1, -0.05) is 24.8 Å². The number of aromatic nitrogens is 3. The maximum absolute atomic E-state index is 4.36. The van der Waals surface area contributed by atoms with Gasteiger partial charge in [0.15, 0.2) is 0 Å². The summed E-state index contributed by atoms with van der Waals surface area (Å²) in [6.45, 7) is 2.15. The molecule has 2 aromatic rings. The molecule has 16 heavy (non-hydrogen) atoms. The van der Waals surface area contributed by atoms with Crippen molar-refractivity contribution < 1.29 is 0 Å². The SMILES string of the molecule is CCCSc1n[nH]c(/C=C/c2cccs2)n1. The second-order valence-electron chi connectivity index (χ2n) is 3.20. The van der Waals surface area contributed by atoms with Crippen LogP contribution in [0.5, 0.6) is 0 Å². The van der Waals surface area contributed by atoms with Gasteiger partial charge in [0.05, 0.1) is 0 Å². The largest absolute Gasteiger partial charge is 0.259 e. The average Bonchev–Trinajstić information content (AvgIpc) is 2.95. The summed E-state index contributed by atoms with van der Waals surface area (Å²) in [4.78, 5) is 5.58. The van der Waals surface area contributed by atoms with Crippen LogP contribution in [0.25, 0.3) is 12.2 Å². The third-order valence-corrected chi connectivity index (χ3v) is 3.76. The second kappa shape index (κ2) is 5.86. The Labute approximate surface area is 103 Å². The zero-order valence-electron chi connectivity index (χ0n) is 9.01. The summed E-state index contributed by atoms with van der Waals surface area (Å²) in [5.74, 6) is 1.87. The van der Waals surface area contributed by atoms with Gasteiger partial charge in [0.25, 0.3) is 0 Å². The number of aromatic amines is 1. The molecule has 0 aliphatic carbocycles. The Morgan fingerprint density at radius 1 is 1.50 bits per heavy atom. The molecule has 0 saturated carbocycles. The van der Waals surface area contributed by atoms with Crippen LogP contribution in [0, 0.1) is 0 Å². The van der Waals surface area contributed by atoms with Crippen LogP contribution in [0.15, 0.2) is 22.7 Å². The van der Waals surface area contributed by atoms with E-state index in [1.165, 1.54) is 4.88 Å². The first-order chi connectivity index (χ1) is 7.88. The molecule has 0 unspecified atom stereocenters. The predicted molar refractivity (Wildman–Crippen MR) is 70.6 cm³/mol. The molecule has 2 heterocycles. The van der Waals surface area contributed by atoms with Crippen molar-refractivity contribution >= 4 is 35.3 Å². The molecule has 0 aliphatic rings.